The Kier molecular flexibility index (Phi) is 5.64. The van der Waals surface area contributed by atoms with E-state index < -0.39 is 10.0 Å². The van der Waals surface area contributed by atoms with Crippen LogP contribution in [0.2, 0.25) is 0 Å². The first-order valence-corrected chi connectivity index (χ1v) is 10.7. The fourth-order valence-corrected chi connectivity index (χ4v) is 5.54. The van der Waals surface area contributed by atoms with Crippen molar-refractivity contribution >= 4 is 15.9 Å². The van der Waals surface area contributed by atoms with E-state index in [1.54, 1.807) is 12.1 Å². The summed E-state index contributed by atoms with van der Waals surface area (Å²) in [4.78, 5) is 14.8. The van der Waals surface area contributed by atoms with E-state index in [1.165, 1.54) is 22.9 Å². The molecule has 6 nitrogen and oxygen atoms in total. The van der Waals surface area contributed by atoms with Crippen LogP contribution >= 0.6 is 0 Å². The van der Waals surface area contributed by atoms with Crippen molar-refractivity contribution in [2.24, 2.45) is 5.92 Å². The predicted molar refractivity (Wildman–Crippen MR) is 97.7 cm³/mol. The predicted octanol–water partition coefficient (Wildman–Crippen LogP) is 2.36. The van der Waals surface area contributed by atoms with Gasteiger partial charge < -0.3 is 4.90 Å². The third-order valence-corrected chi connectivity index (χ3v) is 7.47. The maximum absolute atomic E-state index is 12.9. The summed E-state index contributed by atoms with van der Waals surface area (Å²) in [7, 11) is -3.70. The quantitative estimate of drug-likeness (QED) is 0.812. The number of hydrogen-bond acceptors (Lipinski definition) is 4. The molecule has 1 amide bonds. The number of carbonyl (C=O) groups is 1. The fraction of sp³-hybridized carbons (Fsp3) is 0.579. The topological polar surface area (TPSA) is 81.5 Å². The molecule has 0 aromatic heterocycles. The lowest BCUT2D eigenvalue weighted by molar-refractivity contribution is -0.140. The third-order valence-electron chi connectivity index (χ3n) is 5.51. The Hall–Kier alpha value is -1.91. The maximum atomic E-state index is 12.9. The molecule has 1 aromatic carbocycles. The van der Waals surface area contributed by atoms with Gasteiger partial charge >= 0.3 is 0 Å². The molecule has 26 heavy (non-hydrogen) atoms. The second kappa shape index (κ2) is 7.77. The van der Waals surface area contributed by atoms with Crippen molar-refractivity contribution < 1.29 is 13.2 Å². The lowest BCUT2D eigenvalue weighted by atomic mass is 9.94. The molecule has 3 rings (SSSR count). The standard InChI is InChI=1S/C19H25N3O3S/c1-15-6-4-5-11-22(15)19(23)16-9-12-21(13-10-16)26(24,25)18-8-3-2-7-17(18)14-20/h2-3,7-8,15-16H,4-6,9-13H2,1H3/t15-/m0/s1. The number of benzene rings is 1. The van der Waals surface area contributed by atoms with Gasteiger partial charge in [-0.1, -0.05) is 12.1 Å². The summed E-state index contributed by atoms with van der Waals surface area (Å²) in [6.07, 6.45) is 4.34. The highest BCUT2D eigenvalue weighted by Crippen LogP contribution is 2.28. The van der Waals surface area contributed by atoms with Crippen LogP contribution < -0.4 is 0 Å². The van der Waals surface area contributed by atoms with E-state index in [0.29, 0.717) is 25.9 Å². The molecule has 1 atom stereocenters. The summed E-state index contributed by atoms with van der Waals surface area (Å²) in [6.45, 7) is 3.55. The molecule has 7 heteroatoms. The largest absolute Gasteiger partial charge is 0.340 e. The van der Waals surface area contributed by atoms with Crippen LogP contribution in [0.3, 0.4) is 0 Å². The molecular formula is C19H25N3O3S. The van der Waals surface area contributed by atoms with Gasteiger partial charge in [-0.15, -0.1) is 0 Å². The van der Waals surface area contributed by atoms with Gasteiger partial charge in [-0.2, -0.15) is 9.57 Å². The SMILES string of the molecule is C[C@H]1CCCCN1C(=O)C1CCN(S(=O)(=O)c2ccccc2C#N)CC1. The fourth-order valence-electron chi connectivity index (χ4n) is 3.93. The molecule has 1 aromatic rings. The van der Waals surface area contributed by atoms with Crippen LogP contribution in [0.15, 0.2) is 29.2 Å². The average Bonchev–Trinajstić information content (AvgIpc) is 2.68. The van der Waals surface area contributed by atoms with Crippen LogP contribution in [0, 0.1) is 17.2 Å². The zero-order chi connectivity index (χ0) is 18.7. The Morgan fingerprint density at radius 2 is 1.81 bits per heavy atom. The number of sulfonamides is 1. The molecule has 0 unspecified atom stereocenters. The lowest BCUT2D eigenvalue weighted by Crippen LogP contribution is -2.48. The first kappa shape index (κ1) is 18.9. The second-order valence-electron chi connectivity index (χ2n) is 7.16. The number of carbonyl (C=O) groups excluding carboxylic acids is 1. The smallest absolute Gasteiger partial charge is 0.244 e. The summed E-state index contributed by atoms with van der Waals surface area (Å²) in [5, 5.41) is 9.18. The van der Waals surface area contributed by atoms with Gasteiger partial charge in [0.2, 0.25) is 15.9 Å². The highest BCUT2D eigenvalue weighted by atomic mass is 32.2. The molecular weight excluding hydrogens is 350 g/mol. The van der Waals surface area contributed by atoms with E-state index in [1.807, 2.05) is 11.0 Å². The van der Waals surface area contributed by atoms with Crippen molar-refractivity contribution in [1.82, 2.24) is 9.21 Å². The Morgan fingerprint density at radius 1 is 1.12 bits per heavy atom. The highest BCUT2D eigenvalue weighted by Gasteiger charge is 2.36. The van der Waals surface area contributed by atoms with Gasteiger partial charge in [-0.25, -0.2) is 8.42 Å². The average molecular weight is 375 g/mol. The van der Waals surface area contributed by atoms with Crippen molar-refractivity contribution in [3.63, 3.8) is 0 Å². The van der Waals surface area contributed by atoms with Gasteiger partial charge in [0, 0.05) is 31.6 Å². The molecule has 0 saturated carbocycles. The summed E-state index contributed by atoms with van der Waals surface area (Å²) < 4.78 is 27.2. The molecule has 2 aliphatic rings. The number of likely N-dealkylation sites (tertiary alicyclic amines) is 1. The first-order chi connectivity index (χ1) is 12.4. The number of rotatable bonds is 3. The number of hydrogen-bond donors (Lipinski definition) is 0. The Labute approximate surface area is 155 Å². The van der Waals surface area contributed by atoms with Crippen LogP contribution in [0.1, 0.15) is 44.6 Å². The van der Waals surface area contributed by atoms with E-state index in [9.17, 15) is 18.5 Å². The maximum Gasteiger partial charge on any atom is 0.244 e. The van der Waals surface area contributed by atoms with Crippen LogP contribution in [0.4, 0.5) is 0 Å². The molecule has 2 aliphatic heterocycles. The summed E-state index contributed by atoms with van der Waals surface area (Å²) in [5.74, 6) is 0.0693. The molecule has 0 radical (unpaired) electrons. The van der Waals surface area contributed by atoms with Gasteiger partial charge in [-0.3, -0.25) is 4.79 Å². The molecule has 2 saturated heterocycles. The number of amides is 1. The monoisotopic (exact) mass is 375 g/mol. The van der Waals surface area contributed by atoms with Gasteiger partial charge in [0.25, 0.3) is 0 Å². The van der Waals surface area contributed by atoms with Crippen molar-refractivity contribution in [1.29, 1.82) is 5.26 Å². The van der Waals surface area contributed by atoms with E-state index in [2.05, 4.69) is 6.92 Å². The minimum atomic E-state index is -3.70. The zero-order valence-electron chi connectivity index (χ0n) is 15.1. The number of piperidine rings is 2. The van der Waals surface area contributed by atoms with Gasteiger partial charge in [-0.05, 0) is 51.2 Å². The number of nitriles is 1. The molecule has 2 heterocycles. The van der Waals surface area contributed by atoms with E-state index in [4.69, 9.17) is 0 Å². The molecule has 0 N–H and O–H groups in total. The Balaban J connectivity index is 1.68. The van der Waals surface area contributed by atoms with Crippen LogP contribution in [-0.2, 0) is 14.8 Å². The van der Waals surface area contributed by atoms with Gasteiger partial charge in [0.05, 0.1) is 10.5 Å². The van der Waals surface area contributed by atoms with Crippen molar-refractivity contribution in [3.8, 4) is 6.07 Å². The summed E-state index contributed by atoms with van der Waals surface area (Å²) in [6, 6.07) is 8.50. The van der Waals surface area contributed by atoms with Gasteiger partial charge in [0.1, 0.15) is 6.07 Å². The van der Waals surface area contributed by atoms with Crippen LogP contribution in [-0.4, -0.2) is 49.2 Å². The molecule has 0 bridgehead atoms. The van der Waals surface area contributed by atoms with Crippen LogP contribution in [0.25, 0.3) is 0 Å². The zero-order valence-corrected chi connectivity index (χ0v) is 15.9. The summed E-state index contributed by atoms with van der Waals surface area (Å²) >= 11 is 0. The van der Waals surface area contributed by atoms with Crippen LogP contribution in [0.5, 0.6) is 0 Å². The second-order valence-corrected chi connectivity index (χ2v) is 9.07. The lowest BCUT2D eigenvalue weighted by Gasteiger charge is -2.38. The molecule has 2 fully saturated rings. The van der Waals surface area contributed by atoms with E-state index in [0.717, 1.165) is 19.4 Å². The highest BCUT2D eigenvalue weighted by molar-refractivity contribution is 7.89. The molecule has 140 valence electrons. The van der Waals surface area contributed by atoms with E-state index >= 15 is 0 Å². The minimum Gasteiger partial charge on any atom is -0.340 e. The van der Waals surface area contributed by atoms with Gasteiger partial charge in [0.15, 0.2) is 0 Å². The third kappa shape index (κ3) is 3.62. The minimum absolute atomic E-state index is 0.0527. The van der Waals surface area contributed by atoms with E-state index in [-0.39, 0.29) is 28.3 Å². The van der Waals surface area contributed by atoms with Crippen molar-refractivity contribution in [3.05, 3.63) is 29.8 Å². The number of nitrogens with zero attached hydrogens (tertiary/aromatic N) is 3. The molecule has 0 spiro atoms. The normalized spacial score (nSPS) is 22.8. The van der Waals surface area contributed by atoms with Crippen molar-refractivity contribution in [2.45, 2.75) is 50.0 Å². The van der Waals surface area contributed by atoms with Crippen molar-refractivity contribution in [2.75, 3.05) is 19.6 Å². The summed E-state index contributed by atoms with van der Waals surface area (Å²) in [5.41, 5.74) is 0.160. The Morgan fingerprint density at radius 3 is 2.46 bits per heavy atom. The first-order valence-electron chi connectivity index (χ1n) is 9.25. The Bertz CT molecular complexity index is 808. The molecule has 0 aliphatic carbocycles.